The van der Waals surface area contributed by atoms with Crippen LogP contribution in [-0.4, -0.2) is 73.4 Å². The molecule has 0 fully saturated rings. The number of rotatable bonds is 58. The minimum atomic E-state index is -4.36. The van der Waals surface area contributed by atoms with Crippen LogP contribution in [0.25, 0.3) is 0 Å². The third kappa shape index (κ3) is 58.0. The standard InChI is InChI=1S/C64H123N2O6P/c1-6-8-10-12-14-16-18-20-22-23-24-25-26-27-28-29-30-31-32-33-34-35-36-37-38-39-40-41-42-43-44-46-48-50-52-54-56-58-64(68)65-62(61-72-73(69,70)71-60-59-66(3,4)5)63(67)57-55-53-51-49-47-45-21-19-17-15-13-11-9-7-2/h17,19,23-24,47,49,55,57,62-63,67H,6-16,18,20-22,25-46,48,50-54,56,58-61H2,1-5H3,(H-,65,68,69,70)/p+1/b19-17+,24-23-,49-47+,57-55+. The van der Waals surface area contributed by atoms with Gasteiger partial charge in [-0.25, -0.2) is 4.57 Å². The third-order valence-corrected chi connectivity index (χ3v) is 15.2. The molecule has 0 radical (unpaired) electrons. The summed E-state index contributed by atoms with van der Waals surface area (Å²) in [5, 5.41) is 13.9. The topological polar surface area (TPSA) is 105 Å². The van der Waals surface area contributed by atoms with E-state index in [2.05, 4.69) is 55.6 Å². The second kappa shape index (κ2) is 55.2. The van der Waals surface area contributed by atoms with Crippen molar-refractivity contribution in [3.05, 3.63) is 48.6 Å². The van der Waals surface area contributed by atoms with Gasteiger partial charge in [0.2, 0.25) is 5.91 Å². The number of nitrogens with zero attached hydrogens (tertiary/aromatic N) is 1. The molecule has 3 atom stereocenters. The second-order valence-corrected chi connectivity index (χ2v) is 24.2. The maximum absolute atomic E-state index is 13.0. The summed E-state index contributed by atoms with van der Waals surface area (Å²) in [4.78, 5) is 23.3. The molecule has 3 unspecified atom stereocenters. The lowest BCUT2D eigenvalue weighted by atomic mass is 10.0. The summed E-state index contributed by atoms with van der Waals surface area (Å²) >= 11 is 0. The maximum Gasteiger partial charge on any atom is 0.472 e. The normalized spacial score (nSPS) is 14.1. The van der Waals surface area contributed by atoms with Gasteiger partial charge in [-0.1, -0.05) is 274 Å². The van der Waals surface area contributed by atoms with Crippen molar-refractivity contribution >= 4 is 13.7 Å². The van der Waals surface area contributed by atoms with E-state index in [-0.39, 0.29) is 19.1 Å². The molecule has 73 heavy (non-hydrogen) atoms. The lowest BCUT2D eigenvalue weighted by molar-refractivity contribution is -0.870. The average Bonchev–Trinajstić information content (AvgIpc) is 3.35. The van der Waals surface area contributed by atoms with E-state index < -0.39 is 20.0 Å². The van der Waals surface area contributed by atoms with Gasteiger partial charge in [0.15, 0.2) is 0 Å². The lowest BCUT2D eigenvalue weighted by Gasteiger charge is -2.25. The molecule has 0 aliphatic rings. The molecule has 0 heterocycles. The molecule has 8 nitrogen and oxygen atoms in total. The van der Waals surface area contributed by atoms with Crippen LogP contribution in [0.5, 0.6) is 0 Å². The number of quaternary nitrogens is 1. The Bertz CT molecular complexity index is 1330. The van der Waals surface area contributed by atoms with Crippen molar-refractivity contribution in [3.8, 4) is 0 Å². The minimum absolute atomic E-state index is 0.0542. The van der Waals surface area contributed by atoms with Gasteiger partial charge < -0.3 is 19.8 Å². The van der Waals surface area contributed by atoms with E-state index >= 15 is 0 Å². The van der Waals surface area contributed by atoms with Crippen molar-refractivity contribution < 1.29 is 32.9 Å². The Morgan fingerprint density at radius 1 is 0.452 bits per heavy atom. The number of carbonyl (C=O) groups excluding carboxylic acids is 1. The average molecular weight is 1050 g/mol. The minimum Gasteiger partial charge on any atom is -0.387 e. The third-order valence-electron chi connectivity index (χ3n) is 14.2. The van der Waals surface area contributed by atoms with Gasteiger partial charge in [0.25, 0.3) is 0 Å². The summed E-state index contributed by atoms with van der Waals surface area (Å²) in [7, 11) is 1.55. The van der Waals surface area contributed by atoms with Crippen LogP contribution in [0.4, 0.5) is 0 Å². The fraction of sp³-hybridized carbons (Fsp3) is 0.859. The zero-order chi connectivity index (χ0) is 53.5. The predicted molar refractivity (Wildman–Crippen MR) is 318 cm³/mol. The molecular weight excluding hydrogens is 924 g/mol. The highest BCUT2D eigenvalue weighted by molar-refractivity contribution is 7.47. The Morgan fingerprint density at radius 3 is 1.11 bits per heavy atom. The Labute approximate surface area is 454 Å². The van der Waals surface area contributed by atoms with E-state index in [9.17, 15) is 19.4 Å². The first kappa shape index (κ1) is 71.5. The molecule has 430 valence electrons. The Hall–Kier alpha value is -1.54. The van der Waals surface area contributed by atoms with Gasteiger partial charge in [-0.15, -0.1) is 0 Å². The molecule has 0 aliphatic heterocycles. The van der Waals surface area contributed by atoms with Crippen LogP contribution in [0.1, 0.15) is 303 Å². The number of unbranched alkanes of at least 4 members (excludes halogenated alkanes) is 39. The fourth-order valence-electron chi connectivity index (χ4n) is 9.31. The Balaban J connectivity index is 3.93. The first-order valence-corrected chi connectivity index (χ1v) is 33.0. The Morgan fingerprint density at radius 2 is 0.753 bits per heavy atom. The highest BCUT2D eigenvalue weighted by Gasteiger charge is 2.27. The van der Waals surface area contributed by atoms with E-state index in [0.29, 0.717) is 17.4 Å². The molecule has 0 rings (SSSR count). The maximum atomic E-state index is 13.0. The van der Waals surface area contributed by atoms with Crippen molar-refractivity contribution in [2.45, 2.75) is 315 Å². The number of hydrogen-bond donors (Lipinski definition) is 3. The number of likely N-dealkylation sites (N-methyl/N-ethyl adjacent to an activating group) is 1. The zero-order valence-corrected chi connectivity index (χ0v) is 50.0. The van der Waals surface area contributed by atoms with Crippen LogP contribution in [-0.2, 0) is 18.4 Å². The summed E-state index contributed by atoms with van der Waals surface area (Å²) in [5.74, 6) is -0.187. The van der Waals surface area contributed by atoms with E-state index in [1.54, 1.807) is 6.08 Å². The quantitative estimate of drug-likeness (QED) is 0.0243. The molecule has 0 saturated carbocycles. The number of hydrogen-bond acceptors (Lipinski definition) is 5. The number of phosphoric ester groups is 1. The van der Waals surface area contributed by atoms with Crippen molar-refractivity contribution in [2.75, 3.05) is 40.9 Å². The molecule has 1 amide bonds. The second-order valence-electron chi connectivity index (χ2n) is 22.8. The molecular formula is C64H124N2O6P+. The molecule has 0 spiro atoms. The SMILES string of the molecule is CCCCCC/C=C/CC/C=C/CC/C=C/C(O)C(COP(=O)(O)OCC[N+](C)(C)C)NC(=O)CCCCCCCCCCCCCCCCCCCCCCCCCCC/C=C\CCCCCCCCCC. The molecule has 0 aromatic heterocycles. The number of nitrogens with one attached hydrogen (secondary N) is 1. The molecule has 0 aliphatic carbocycles. The first-order valence-electron chi connectivity index (χ1n) is 31.5. The first-order chi connectivity index (χ1) is 35.5. The van der Waals surface area contributed by atoms with E-state index in [0.717, 1.165) is 44.9 Å². The lowest BCUT2D eigenvalue weighted by Crippen LogP contribution is -2.45. The summed E-state index contributed by atoms with van der Waals surface area (Å²) in [5.41, 5.74) is 0. The van der Waals surface area contributed by atoms with Crippen LogP contribution in [0, 0.1) is 0 Å². The smallest absolute Gasteiger partial charge is 0.387 e. The predicted octanol–water partition coefficient (Wildman–Crippen LogP) is 19.5. The Kier molecular flexibility index (Phi) is 54.1. The van der Waals surface area contributed by atoms with E-state index in [1.807, 2.05) is 27.2 Å². The number of carbonyl (C=O) groups is 1. The van der Waals surface area contributed by atoms with Gasteiger partial charge in [0.05, 0.1) is 39.9 Å². The van der Waals surface area contributed by atoms with Crippen molar-refractivity contribution in [1.29, 1.82) is 0 Å². The van der Waals surface area contributed by atoms with Gasteiger partial charge in [-0.05, 0) is 70.6 Å². The largest absolute Gasteiger partial charge is 0.472 e. The van der Waals surface area contributed by atoms with Gasteiger partial charge in [0, 0.05) is 6.42 Å². The van der Waals surface area contributed by atoms with Crippen molar-refractivity contribution in [2.24, 2.45) is 0 Å². The molecule has 3 N–H and O–H groups in total. The van der Waals surface area contributed by atoms with Gasteiger partial charge >= 0.3 is 7.82 Å². The number of amides is 1. The summed E-state index contributed by atoms with van der Waals surface area (Å²) in [6, 6.07) is -0.868. The van der Waals surface area contributed by atoms with Crippen molar-refractivity contribution in [3.63, 3.8) is 0 Å². The monoisotopic (exact) mass is 1050 g/mol. The molecule has 0 aromatic carbocycles. The summed E-state index contributed by atoms with van der Waals surface area (Å²) in [6.07, 6.45) is 74.0. The van der Waals surface area contributed by atoms with Gasteiger partial charge in [-0.2, -0.15) is 0 Å². The van der Waals surface area contributed by atoms with Gasteiger partial charge in [-0.3, -0.25) is 13.8 Å². The molecule has 9 heteroatoms. The number of phosphoric acid groups is 1. The zero-order valence-electron chi connectivity index (χ0n) is 49.1. The molecule has 0 bridgehead atoms. The van der Waals surface area contributed by atoms with Crippen LogP contribution in [0.15, 0.2) is 48.6 Å². The summed E-state index contributed by atoms with van der Waals surface area (Å²) in [6.45, 7) is 4.79. The van der Waals surface area contributed by atoms with E-state index in [1.165, 1.54) is 238 Å². The van der Waals surface area contributed by atoms with Crippen molar-refractivity contribution in [1.82, 2.24) is 5.32 Å². The molecule has 0 aromatic rings. The highest BCUT2D eigenvalue weighted by atomic mass is 31.2. The van der Waals surface area contributed by atoms with Gasteiger partial charge in [0.1, 0.15) is 13.2 Å². The number of aliphatic hydroxyl groups is 1. The fourth-order valence-corrected chi connectivity index (χ4v) is 10.0. The molecule has 0 saturated heterocycles. The number of allylic oxidation sites excluding steroid dienone is 7. The van der Waals surface area contributed by atoms with Crippen LogP contribution in [0.3, 0.4) is 0 Å². The van der Waals surface area contributed by atoms with Crippen LogP contribution >= 0.6 is 7.82 Å². The summed E-state index contributed by atoms with van der Waals surface area (Å²) < 4.78 is 23.7. The highest BCUT2D eigenvalue weighted by Crippen LogP contribution is 2.43. The van der Waals surface area contributed by atoms with E-state index in [4.69, 9.17) is 9.05 Å². The van der Waals surface area contributed by atoms with Crippen LogP contribution < -0.4 is 5.32 Å². The number of aliphatic hydroxyl groups excluding tert-OH is 1. The van der Waals surface area contributed by atoms with Crippen LogP contribution in [0.2, 0.25) is 0 Å².